The van der Waals surface area contributed by atoms with Gasteiger partial charge in [-0.1, -0.05) is 11.6 Å². The first-order valence-corrected chi connectivity index (χ1v) is 11.8. The van der Waals surface area contributed by atoms with Gasteiger partial charge < -0.3 is 19.1 Å². The number of carbonyl (C=O) groups excluding carboxylic acids is 1. The zero-order chi connectivity index (χ0) is 22.0. The Balaban J connectivity index is 1.48. The molecule has 1 atom stereocenters. The topological polar surface area (TPSA) is 94.2 Å². The van der Waals surface area contributed by atoms with E-state index in [4.69, 9.17) is 25.8 Å². The van der Waals surface area contributed by atoms with E-state index in [1.165, 1.54) is 31.4 Å². The highest BCUT2D eigenvalue weighted by Crippen LogP contribution is 2.35. The van der Waals surface area contributed by atoms with Crippen LogP contribution in [-0.4, -0.2) is 52.1 Å². The average Bonchev–Trinajstić information content (AvgIpc) is 2.78. The number of piperidine rings is 1. The monoisotopic (exact) mass is 466 g/mol. The van der Waals surface area contributed by atoms with Crippen LogP contribution in [0.2, 0.25) is 5.02 Å². The smallest absolute Gasteiger partial charge is 0.267 e. The van der Waals surface area contributed by atoms with Crippen LogP contribution in [0, 0.1) is 0 Å². The minimum Gasteiger partial charge on any atom is -0.495 e. The zero-order valence-corrected chi connectivity index (χ0v) is 18.5. The Kier molecular flexibility index (Phi) is 6.15. The van der Waals surface area contributed by atoms with Crippen molar-refractivity contribution in [3.05, 3.63) is 41.4 Å². The first kappa shape index (κ1) is 21.6. The highest BCUT2D eigenvalue weighted by Gasteiger charge is 2.32. The maximum Gasteiger partial charge on any atom is 0.267 e. The fourth-order valence-corrected chi connectivity index (χ4v) is 4.92. The van der Waals surface area contributed by atoms with Crippen molar-refractivity contribution in [2.45, 2.75) is 30.3 Å². The third-order valence-electron chi connectivity index (χ3n) is 5.23. The molecule has 10 heteroatoms. The fraction of sp³-hybridized carbons (Fsp3) is 0.381. The summed E-state index contributed by atoms with van der Waals surface area (Å²) < 4.78 is 44.6. The number of benzene rings is 2. The van der Waals surface area contributed by atoms with Gasteiger partial charge in [0.2, 0.25) is 6.10 Å². The highest BCUT2D eigenvalue weighted by atomic mass is 35.5. The van der Waals surface area contributed by atoms with Gasteiger partial charge in [0, 0.05) is 19.2 Å². The van der Waals surface area contributed by atoms with Crippen molar-refractivity contribution in [1.82, 2.24) is 4.90 Å². The molecule has 0 radical (unpaired) electrons. The second-order valence-electron chi connectivity index (χ2n) is 7.37. The first-order chi connectivity index (χ1) is 14.9. The van der Waals surface area contributed by atoms with E-state index in [1.54, 1.807) is 17.0 Å². The van der Waals surface area contributed by atoms with Crippen LogP contribution < -0.4 is 18.9 Å². The van der Waals surface area contributed by atoms with E-state index in [0.29, 0.717) is 17.2 Å². The zero-order valence-electron chi connectivity index (χ0n) is 17.0. The molecule has 2 heterocycles. The quantitative estimate of drug-likeness (QED) is 0.726. The standard InChI is InChI=1S/C21H23ClN2O6S/c1-28-17-7-5-14(11-16(17)22)23-31(26,27)15-6-8-18-19(12-15)29-13-20(30-18)21(25)24-9-3-2-4-10-24/h5-8,11-12,20,23H,2-4,9-10,13H2,1H3/t20-/m1/s1. The molecule has 1 N–H and O–H groups in total. The van der Waals surface area contributed by atoms with Crippen LogP contribution in [0.1, 0.15) is 19.3 Å². The first-order valence-electron chi connectivity index (χ1n) is 9.96. The summed E-state index contributed by atoms with van der Waals surface area (Å²) >= 11 is 6.07. The molecule has 0 bridgehead atoms. The number of hydrogen-bond donors (Lipinski definition) is 1. The van der Waals surface area contributed by atoms with Crippen molar-refractivity contribution in [3.63, 3.8) is 0 Å². The molecular weight excluding hydrogens is 444 g/mol. The van der Waals surface area contributed by atoms with E-state index >= 15 is 0 Å². The second kappa shape index (κ2) is 8.84. The van der Waals surface area contributed by atoms with Crippen LogP contribution in [0.3, 0.4) is 0 Å². The number of carbonyl (C=O) groups is 1. The fourth-order valence-electron chi connectivity index (χ4n) is 3.60. The van der Waals surface area contributed by atoms with Crippen LogP contribution in [0.4, 0.5) is 5.69 Å². The van der Waals surface area contributed by atoms with Gasteiger partial charge in [0.25, 0.3) is 15.9 Å². The minimum atomic E-state index is -3.89. The van der Waals surface area contributed by atoms with Gasteiger partial charge >= 0.3 is 0 Å². The molecule has 1 fully saturated rings. The number of likely N-dealkylation sites (tertiary alicyclic amines) is 1. The summed E-state index contributed by atoms with van der Waals surface area (Å²) in [6.45, 7) is 1.49. The average molecular weight is 467 g/mol. The van der Waals surface area contributed by atoms with Crippen LogP contribution in [0.25, 0.3) is 0 Å². The summed E-state index contributed by atoms with van der Waals surface area (Å²) in [5.74, 6) is 0.962. The molecule has 0 aromatic heterocycles. The number of sulfonamides is 1. The second-order valence-corrected chi connectivity index (χ2v) is 9.46. The summed E-state index contributed by atoms with van der Waals surface area (Å²) in [6, 6.07) is 8.88. The van der Waals surface area contributed by atoms with Crippen LogP contribution in [-0.2, 0) is 14.8 Å². The number of nitrogens with one attached hydrogen (secondary N) is 1. The molecule has 2 aromatic rings. The molecule has 0 unspecified atom stereocenters. The van der Waals surface area contributed by atoms with Gasteiger partial charge in [0.1, 0.15) is 12.4 Å². The minimum absolute atomic E-state index is 0.00241. The Morgan fingerprint density at radius 3 is 2.61 bits per heavy atom. The van der Waals surface area contributed by atoms with Crippen molar-refractivity contribution in [2.24, 2.45) is 0 Å². The van der Waals surface area contributed by atoms with E-state index < -0.39 is 16.1 Å². The lowest BCUT2D eigenvalue weighted by molar-refractivity contribution is -0.142. The molecule has 2 aliphatic rings. The number of amides is 1. The van der Waals surface area contributed by atoms with Crippen LogP contribution >= 0.6 is 11.6 Å². The Labute approximate surface area is 186 Å². The number of ether oxygens (including phenoxy) is 3. The van der Waals surface area contributed by atoms with Gasteiger partial charge in [0.15, 0.2) is 11.5 Å². The van der Waals surface area contributed by atoms with Crippen molar-refractivity contribution in [1.29, 1.82) is 0 Å². The molecule has 2 aliphatic heterocycles. The van der Waals surface area contributed by atoms with E-state index in [0.717, 1.165) is 32.4 Å². The number of anilines is 1. The van der Waals surface area contributed by atoms with Crippen molar-refractivity contribution in [2.75, 3.05) is 31.5 Å². The van der Waals surface area contributed by atoms with Crippen molar-refractivity contribution >= 4 is 33.2 Å². The highest BCUT2D eigenvalue weighted by molar-refractivity contribution is 7.92. The Morgan fingerprint density at radius 1 is 1.13 bits per heavy atom. The van der Waals surface area contributed by atoms with E-state index in [-0.39, 0.29) is 28.2 Å². The molecule has 0 spiro atoms. The van der Waals surface area contributed by atoms with E-state index in [1.807, 2.05) is 0 Å². The normalized spacial score (nSPS) is 18.4. The molecule has 8 nitrogen and oxygen atoms in total. The summed E-state index contributed by atoms with van der Waals surface area (Å²) in [5.41, 5.74) is 0.299. The number of fused-ring (bicyclic) bond motifs is 1. The molecule has 4 rings (SSSR count). The third-order valence-corrected chi connectivity index (χ3v) is 6.91. The van der Waals surface area contributed by atoms with Gasteiger partial charge in [-0.3, -0.25) is 9.52 Å². The Morgan fingerprint density at radius 2 is 1.90 bits per heavy atom. The molecule has 0 saturated carbocycles. The summed E-state index contributed by atoms with van der Waals surface area (Å²) in [7, 11) is -2.41. The Bertz CT molecular complexity index is 1090. The maximum atomic E-state index is 12.8. The third kappa shape index (κ3) is 4.67. The molecule has 1 saturated heterocycles. The lowest BCUT2D eigenvalue weighted by Crippen LogP contribution is -2.48. The van der Waals surface area contributed by atoms with Gasteiger partial charge in [-0.15, -0.1) is 0 Å². The van der Waals surface area contributed by atoms with Crippen LogP contribution in [0.5, 0.6) is 17.2 Å². The predicted molar refractivity (Wildman–Crippen MR) is 116 cm³/mol. The number of methoxy groups -OCH3 is 1. The number of nitrogens with zero attached hydrogens (tertiary/aromatic N) is 1. The maximum absolute atomic E-state index is 12.8. The lowest BCUT2D eigenvalue weighted by atomic mass is 10.1. The number of hydrogen-bond acceptors (Lipinski definition) is 6. The van der Waals surface area contributed by atoms with E-state index in [2.05, 4.69) is 4.72 Å². The number of halogens is 1. The Hall–Kier alpha value is -2.65. The lowest BCUT2D eigenvalue weighted by Gasteiger charge is -2.32. The molecule has 2 aromatic carbocycles. The molecular formula is C21H23ClN2O6S. The van der Waals surface area contributed by atoms with Gasteiger partial charge in [-0.25, -0.2) is 8.42 Å². The van der Waals surface area contributed by atoms with Gasteiger partial charge in [-0.2, -0.15) is 0 Å². The predicted octanol–water partition coefficient (Wildman–Crippen LogP) is 3.30. The van der Waals surface area contributed by atoms with Gasteiger partial charge in [0.05, 0.1) is 22.7 Å². The molecule has 31 heavy (non-hydrogen) atoms. The summed E-state index contributed by atoms with van der Waals surface area (Å²) in [4.78, 5) is 14.5. The van der Waals surface area contributed by atoms with E-state index in [9.17, 15) is 13.2 Å². The van der Waals surface area contributed by atoms with Crippen molar-refractivity contribution in [3.8, 4) is 17.2 Å². The van der Waals surface area contributed by atoms with Gasteiger partial charge in [-0.05, 0) is 49.6 Å². The SMILES string of the molecule is COc1ccc(NS(=O)(=O)c2ccc3c(c2)OC[C@H](C(=O)N2CCCCC2)O3)cc1Cl. The van der Waals surface area contributed by atoms with Crippen LogP contribution in [0.15, 0.2) is 41.3 Å². The summed E-state index contributed by atoms with van der Waals surface area (Å²) in [5, 5.41) is 0.286. The molecule has 166 valence electrons. The van der Waals surface area contributed by atoms with Crippen molar-refractivity contribution < 1.29 is 27.4 Å². The molecule has 0 aliphatic carbocycles. The largest absolute Gasteiger partial charge is 0.495 e. The molecule has 1 amide bonds. The number of rotatable bonds is 5. The summed E-state index contributed by atoms with van der Waals surface area (Å²) in [6.07, 6.45) is 2.38.